The minimum Gasteiger partial charge on any atom is -0.496 e. The van der Waals surface area contributed by atoms with Gasteiger partial charge in [0, 0.05) is 6.42 Å². The zero-order valence-electron chi connectivity index (χ0n) is 14.7. The highest BCUT2D eigenvalue weighted by Crippen LogP contribution is 2.10. The van der Waals surface area contributed by atoms with Crippen LogP contribution in [-0.4, -0.2) is 81.8 Å². The molecule has 0 aliphatic rings. The molecule has 124 valence electrons. The van der Waals surface area contributed by atoms with Crippen LogP contribution in [-0.2, 0) is 9.53 Å². The van der Waals surface area contributed by atoms with E-state index in [1.54, 1.807) is 6.26 Å². The van der Waals surface area contributed by atoms with Crippen molar-refractivity contribution in [3.63, 3.8) is 0 Å². The third-order valence-corrected chi connectivity index (χ3v) is 3.76. The minimum atomic E-state index is 0.308. The molecule has 0 bridgehead atoms. The van der Waals surface area contributed by atoms with Crippen LogP contribution >= 0.6 is 11.8 Å². The van der Waals surface area contributed by atoms with Crippen molar-refractivity contribution in [3.8, 4) is 0 Å². The lowest BCUT2D eigenvalue weighted by Gasteiger charge is -2.23. The van der Waals surface area contributed by atoms with Crippen molar-refractivity contribution in [2.24, 2.45) is 0 Å². The Morgan fingerprint density at radius 3 is 2.24 bits per heavy atom. The monoisotopic (exact) mass is 318 g/mol. The van der Waals surface area contributed by atoms with Crippen molar-refractivity contribution >= 4 is 16.9 Å². The van der Waals surface area contributed by atoms with Crippen LogP contribution in [0.1, 0.15) is 19.3 Å². The number of nitrogens with zero attached hydrogens (tertiary/aromatic N) is 2. The zero-order valence-corrected chi connectivity index (χ0v) is 15.5. The van der Waals surface area contributed by atoms with Crippen molar-refractivity contribution in [1.82, 2.24) is 0 Å². The van der Waals surface area contributed by atoms with Gasteiger partial charge in [-0.15, -0.1) is 0 Å². The molecule has 0 N–H and O–H groups in total. The summed E-state index contributed by atoms with van der Waals surface area (Å²) in [5, 5.41) is 0.308. The number of hydrogen-bond donors (Lipinski definition) is 0. The van der Waals surface area contributed by atoms with Gasteiger partial charge in [-0.2, -0.15) is 0 Å². The first-order valence-electron chi connectivity index (χ1n) is 7.63. The Kier molecular flexibility index (Phi) is 9.99. The number of rotatable bonds is 11. The summed E-state index contributed by atoms with van der Waals surface area (Å²) in [6.45, 7) is 2.75. The van der Waals surface area contributed by atoms with Crippen LogP contribution in [0, 0.1) is 0 Å². The van der Waals surface area contributed by atoms with Gasteiger partial charge in [0.15, 0.2) is 5.12 Å². The van der Waals surface area contributed by atoms with Crippen molar-refractivity contribution < 1.29 is 18.5 Å². The third-order valence-electron chi connectivity index (χ3n) is 2.85. The molecule has 0 atom stereocenters. The molecule has 0 heterocycles. The number of unbranched alkanes of at least 4 members (excludes halogenated alkanes) is 1. The smallest absolute Gasteiger partial charge is 0.189 e. The molecule has 0 aliphatic heterocycles. The topological polar surface area (TPSA) is 26.3 Å². The predicted molar refractivity (Wildman–Crippen MR) is 92.2 cm³/mol. The van der Waals surface area contributed by atoms with E-state index in [4.69, 9.17) is 4.74 Å². The number of carbonyl (C=O) groups is 1. The lowest BCUT2D eigenvalue weighted by Crippen LogP contribution is -2.37. The predicted octanol–water partition coefficient (Wildman–Crippen LogP) is 2.36. The van der Waals surface area contributed by atoms with Crippen LogP contribution in [0.4, 0.5) is 0 Å². The van der Waals surface area contributed by atoms with Gasteiger partial charge in [-0.3, -0.25) is 4.79 Å². The van der Waals surface area contributed by atoms with E-state index >= 15 is 0 Å². The molecule has 0 saturated carbocycles. The van der Waals surface area contributed by atoms with E-state index in [9.17, 15) is 4.79 Å². The quantitative estimate of drug-likeness (QED) is 0.332. The van der Waals surface area contributed by atoms with Crippen molar-refractivity contribution in [2.45, 2.75) is 19.3 Å². The van der Waals surface area contributed by atoms with Crippen LogP contribution in [0.15, 0.2) is 12.3 Å². The Labute approximate surface area is 135 Å². The second-order valence-corrected chi connectivity index (χ2v) is 8.54. The Hall–Kier alpha value is -0.520. The second-order valence-electron chi connectivity index (χ2n) is 7.38. The van der Waals surface area contributed by atoms with E-state index in [1.165, 1.54) is 11.8 Å². The van der Waals surface area contributed by atoms with Gasteiger partial charge in [0.05, 0.1) is 60.8 Å². The Morgan fingerprint density at radius 2 is 1.67 bits per heavy atom. The highest BCUT2D eigenvalue weighted by Gasteiger charge is 2.09. The molecular formula is C16H34N2O2S+2. The minimum absolute atomic E-state index is 0.308. The summed E-state index contributed by atoms with van der Waals surface area (Å²) in [6.07, 6.45) is 6.26. The first-order chi connectivity index (χ1) is 9.60. The molecule has 21 heavy (non-hydrogen) atoms. The summed E-state index contributed by atoms with van der Waals surface area (Å²) in [7, 11) is 12.9. The maximum absolute atomic E-state index is 11.7. The number of ether oxygens (including phenoxy) is 1. The van der Waals surface area contributed by atoms with E-state index in [2.05, 4.69) is 42.3 Å². The summed E-state index contributed by atoms with van der Waals surface area (Å²) < 4.78 is 7.25. The van der Waals surface area contributed by atoms with E-state index in [0.29, 0.717) is 11.5 Å². The fourth-order valence-corrected chi connectivity index (χ4v) is 2.56. The SMILES string of the molecule is C[N+](C)(C)CCO/C=C/CCCC(=O)SCC[N+](C)(C)C. The Bertz CT molecular complexity index is 317. The lowest BCUT2D eigenvalue weighted by atomic mass is 10.2. The molecule has 5 heteroatoms. The second kappa shape index (κ2) is 10.2. The number of carbonyl (C=O) groups excluding carboxylic acids is 1. The Morgan fingerprint density at radius 1 is 1.05 bits per heavy atom. The fraction of sp³-hybridized carbons (Fsp3) is 0.812. The van der Waals surface area contributed by atoms with Gasteiger partial charge in [0.2, 0.25) is 0 Å². The maximum atomic E-state index is 11.7. The molecule has 0 aromatic rings. The zero-order chi connectivity index (χ0) is 16.4. The van der Waals surface area contributed by atoms with E-state index in [0.717, 1.165) is 47.3 Å². The number of allylic oxidation sites excluding steroid dienone is 1. The molecule has 0 saturated heterocycles. The van der Waals surface area contributed by atoms with E-state index in [1.807, 2.05) is 6.08 Å². The first-order valence-corrected chi connectivity index (χ1v) is 8.62. The van der Waals surface area contributed by atoms with E-state index in [-0.39, 0.29) is 0 Å². The van der Waals surface area contributed by atoms with Gasteiger partial charge in [-0.05, 0) is 18.9 Å². The average Bonchev–Trinajstić information content (AvgIpc) is 2.29. The van der Waals surface area contributed by atoms with E-state index < -0.39 is 0 Å². The lowest BCUT2D eigenvalue weighted by molar-refractivity contribution is -0.870. The molecule has 0 aromatic carbocycles. The van der Waals surface area contributed by atoms with Gasteiger partial charge in [0.25, 0.3) is 0 Å². The van der Waals surface area contributed by atoms with Crippen LogP contribution in [0.3, 0.4) is 0 Å². The summed E-state index contributed by atoms with van der Waals surface area (Å²) >= 11 is 1.47. The molecule has 0 aliphatic carbocycles. The highest BCUT2D eigenvalue weighted by atomic mass is 32.2. The molecule has 0 unspecified atom stereocenters. The molecule has 0 aromatic heterocycles. The highest BCUT2D eigenvalue weighted by molar-refractivity contribution is 8.13. The number of thioether (sulfide) groups is 1. The normalized spacial score (nSPS) is 12.9. The summed E-state index contributed by atoms with van der Waals surface area (Å²) in [6, 6.07) is 0. The largest absolute Gasteiger partial charge is 0.496 e. The van der Waals surface area contributed by atoms with Gasteiger partial charge < -0.3 is 13.7 Å². The molecule has 0 radical (unpaired) electrons. The van der Waals surface area contributed by atoms with Gasteiger partial charge in [-0.1, -0.05) is 11.8 Å². The number of likely N-dealkylation sites (N-methyl/N-ethyl adjacent to an activating group) is 1. The van der Waals surface area contributed by atoms with Gasteiger partial charge in [0.1, 0.15) is 13.2 Å². The first kappa shape index (κ1) is 20.5. The standard InChI is InChI=1S/C16H34N2O2S/c1-17(2,3)11-14-20-13-9-7-8-10-16(19)21-15-12-18(4,5)6/h9,13H,7-8,10-12,14-15H2,1-6H3/q+2/b13-9+. The third kappa shape index (κ3) is 17.4. The van der Waals surface area contributed by atoms with Crippen molar-refractivity contribution in [1.29, 1.82) is 0 Å². The van der Waals surface area contributed by atoms with Crippen molar-refractivity contribution in [3.05, 3.63) is 12.3 Å². The van der Waals surface area contributed by atoms with Gasteiger partial charge in [-0.25, -0.2) is 0 Å². The molecule has 0 spiro atoms. The summed E-state index contributed by atoms with van der Waals surface area (Å²) in [5.41, 5.74) is 0. The average molecular weight is 319 g/mol. The Balaban J connectivity index is 3.47. The summed E-state index contributed by atoms with van der Waals surface area (Å²) in [4.78, 5) is 11.7. The van der Waals surface area contributed by atoms with Crippen molar-refractivity contribution in [2.75, 3.05) is 67.7 Å². The summed E-state index contributed by atoms with van der Waals surface area (Å²) in [5.74, 6) is 0.909. The molecule has 4 nitrogen and oxygen atoms in total. The fourth-order valence-electron chi connectivity index (χ4n) is 1.40. The van der Waals surface area contributed by atoms with Crippen LogP contribution in [0.5, 0.6) is 0 Å². The van der Waals surface area contributed by atoms with Crippen LogP contribution in [0.25, 0.3) is 0 Å². The van der Waals surface area contributed by atoms with Gasteiger partial charge >= 0.3 is 0 Å². The molecule has 0 amide bonds. The molecular weight excluding hydrogens is 284 g/mol. The molecule has 0 fully saturated rings. The molecule has 0 rings (SSSR count). The number of quaternary nitrogens is 2. The van der Waals surface area contributed by atoms with Crippen LogP contribution < -0.4 is 0 Å². The van der Waals surface area contributed by atoms with Crippen LogP contribution in [0.2, 0.25) is 0 Å². The number of hydrogen-bond acceptors (Lipinski definition) is 3. The maximum Gasteiger partial charge on any atom is 0.189 e.